The summed E-state index contributed by atoms with van der Waals surface area (Å²) in [5.74, 6) is 0.282. The molecule has 0 aliphatic heterocycles. The summed E-state index contributed by atoms with van der Waals surface area (Å²) in [4.78, 5) is 12.0. The third-order valence-corrected chi connectivity index (χ3v) is 4.17. The molecule has 0 aromatic heterocycles. The Morgan fingerprint density at radius 1 is 1.41 bits per heavy atom. The van der Waals surface area contributed by atoms with E-state index in [0.29, 0.717) is 25.3 Å². The number of carbonyl (C=O) groups is 1. The molecule has 2 fully saturated rings. The van der Waals surface area contributed by atoms with E-state index in [1.165, 1.54) is 0 Å². The van der Waals surface area contributed by atoms with Gasteiger partial charge in [0.25, 0.3) is 0 Å². The number of nitrogens with one attached hydrogen (secondary N) is 1. The van der Waals surface area contributed by atoms with Crippen LogP contribution in [0.1, 0.15) is 44.9 Å². The highest BCUT2D eigenvalue weighted by atomic mass is 16.3. The molecule has 94 valence electrons. The summed E-state index contributed by atoms with van der Waals surface area (Å²) in [6.45, 7) is 0.610. The Hall–Kier alpha value is -1.08. The van der Waals surface area contributed by atoms with Crippen molar-refractivity contribution in [2.75, 3.05) is 6.54 Å². The first kappa shape index (κ1) is 12.4. The molecule has 2 saturated carbocycles. The lowest BCUT2D eigenvalue weighted by Crippen LogP contribution is -2.40. The molecule has 0 heterocycles. The smallest absolute Gasteiger partial charge is 0.240 e. The van der Waals surface area contributed by atoms with Crippen LogP contribution in [0.4, 0.5) is 0 Å². The molecule has 0 bridgehead atoms. The summed E-state index contributed by atoms with van der Waals surface area (Å²) in [5, 5.41) is 21.5. The van der Waals surface area contributed by atoms with Crippen molar-refractivity contribution in [1.82, 2.24) is 5.32 Å². The third kappa shape index (κ3) is 2.61. The highest BCUT2D eigenvalue weighted by Gasteiger charge is 2.41. The monoisotopic (exact) mass is 236 g/mol. The van der Waals surface area contributed by atoms with Crippen LogP contribution >= 0.6 is 0 Å². The normalized spacial score (nSPS) is 31.1. The van der Waals surface area contributed by atoms with Crippen LogP contribution in [0.25, 0.3) is 0 Å². The number of amides is 1. The van der Waals surface area contributed by atoms with E-state index >= 15 is 0 Å². The molecule has 4 heteroatoms. The second-order valence-corrected chi connectivity index (χ2v) is 5.44. The minimum atomic E-state index is -0.767. The van der Waals surface area contributed by atoms with Gasteiger partial charge in [-0.2, -0.15) is 5.26 Å². The first-order valence-corrected chi connectivity index (χ1v) is 6.54. The predicted octanol–water partition coefficient (Wildman–Crippen LogP) is 1.35. The van der Waals surface area contributed by atoms with Crippen LogP contribution in [0.3, 0.4) is 0 Å². The number of carbonyl (C=O) groups excluding carboxylic acids is 1. The zero-order valence-corrected chi connectivity index (χ0v) is 10.1. The maximum Gasteiger partial charge on any atom is 0.240 e. The van der Waals surface area contributed by atoms with E-state index in [-0.39, 0.29) is 12.0 Å². The zero-order chi connectivity index (χ0) is 12.3. The van der Waals surface area contributed by atoms with Gasteiger partial charge in [-0.25, -0.2) is 0 Å². The van der Waals surface area contributed by atoms with Gasteiger partial charge in [0.1, 0.15) is 5.41 Å². The molecule has 2 aliphatic rings. The Labute approximate surface area is 102 Å². The van der Waals surface area contributed by atoms with E-state index in [9.17, 15) is 15.2 Å². The van der Waals surface area contributed by atoms with Crippen LogP contribution in [0, 0.1) is 22.7 Å². The van der Waals surface area contributed by atoms with Gasteiger partial charge in [-0.1, -0.05) is 12.8 Å². The number of hydrogen-bond donors (Lipinski definition) is 2. The second-order valence-electron chi connectivity index (χ2n) is 5.44. The van der Waals surface area contributed by atoms with Crippen molar-refractivity contribution < 1.29 is 9.90 Å². The van der Waals surface area contributed by atoms with E-state index in [1.54, 1.807) is 0 Å². The molecule has 1 amide bonds. The highest BCUT2D eigenvalue weighted by Crippen LogP contribution is 2.37. The topological polar surface area (TPSA) is 73.1 Å². The van der Waals surface area contributed by atoms with E-state index in [1.807, 2.05) is 0 Å². The van der Waals surface area contributed by atoms with E-state index in [0.717, 1.165) is 32.1 Å². The Morgan fingerprint density at radius 2 is 2.12 bits per heavy atom. The molecule has 4 nitrogen and oxygen atoms in total. The molecule has 0 aromatic rings. The first-order chi connectivity index (χ1) is 8.16. The Morgan fingerprint density at radius 3 is 2.65 bits per heavy atom. The van der Waals surface area contributed by atoms with Crippen LogP contribution in [0.5, 0.6) is 0 Å². The lowest BCUT2D eigenvalue weighted by atomic mass is 9.87. The maximum absolute atomic E-state index is 12.0. The summed E-state index contributed by atoms with van der Waals surface area (Å²) in [6, 6.07) is 2.20. The van der Waals surface area contributed by atoms with Crippen LogP contribution < -0.4 is 5.32 Å². The maximum atomic E-state index is 12.0. The van der Waals surface area contributed by atoms with Gasteiger partial charge in [-0.3, -0.25) is 4.79 Å². The first-order valence-electron chi connectivity index (χ1n) is 6.54. The quantitative estimate of drug-likeness (QED) is 0.776. The Balaban J connectivity index is 1.83. The van der Waals surface area contributed by atoms with Crippen molar-refractivity contribution in [1.29, 1.82) is 5.26 Å². The van der Waals surface area contributed by atoms with Gasteiger partial charge < -0.3 is 10.4 Å². The summed E-state index contributed by atoms with van der Waals surface area (Å²) >= 11 is 0. The third-order valence-electron chi connectivity index (χ3n) is 4.17. The van der Waals surface area contributed by atoms with Gasteiger partial charge in [0.15, 0.2) is 0 Å². The van der Waals surface area contributed by atoms with Crippen LogP contribution in [0.2, 0.25) is 0 Å². The number of hydrogen-bond acceptors (Lipinski definition) is 3. The van der Waals surface area contributed by atoms with Crippen molar-refractivity contribution in [3.8, 4) is 6.07 Å². The van der Waals surface area contributed by atoms with Gasteiger partial charge in [0, 0.05) is 6.54 Å². The molecule has 0 spiro atoms. The van der Waals surface area contributed by atoms with Crippen LogP contribution in [0.15, 0.2) is 0 Å². The SMILES string of the molecule is N#CC1(C(=O)NCC2CCC(O)C2)CCCC1. The van der Waals surface area contributed by atoms with Crippen LogP contribution in [-0.2, 0) is 4.79 Å². The summed E-state index contributed by atoms with van der Waals surface area (Å²) in [7, 11) is 0. The summed E-state index contributed by atoms with van der Waals surface area (Å²) in [6.07, 6.45) is 5.73. The standard InChI is InChI=1S/C13H20N2O2/c14-9-13(5-1-2-6-13)12(17)15-8-10-3-4-11(16)7-10/h10-11,16H,1-8H2,(H,15,17). The molecule has 2 atom stereocenters. The van der Waals surface area contributed by atoms with Gasteiger partial charge in [0.2, 0.25) is 5.91 Å². The fourth-order valence-corrected chi connectivity index (χ4v) is 3.01. The van der Waals surface area contributed by atoms with E-state index < -0.39 is 5.41 Å². The summed E-state index contributed by atoms with van der Waals surface area (Å²) in [5.41, 5.74) is -0.767. The fourth-order valence-electron chi connectivity index (χ4n) is 3.01. The fraction of sp³-hybridized carbons (Fsp3) is 0.846. The molecule has 17 heavy (non-hydrogen) atoms. The second kappa shape index (κ2) is 5.05. The molecular formula is C13H20N2O2. The minimum absolute atomic E-state index is 0.0983. The predicted molar refractivity (Wildman–Crippen MR) is 62.9 cm³/mol. The number of rotatable bonds is 3. The average molecular weight is 236 g/mol. The molecule has 2 unspecified atom stereocenters. The van der Waals surface area contributed by atoms with Gasteiger partial charge in [0.05, 0.1) is 12.2 Å². The molecule has 2 N–H and O–H groups in total. The van der Waals surface area contributed by atoms with Gasteiger partial charge in [-0.15, -0.1) is 0 Å². The molecule has 2 rings (SSSR count). The van der Waals surface area contributed by atoms with Crippen molar-refractivity contribution in [2.24, 2.45) is 11.3 Å². The van der Waals surface area contributed by atoms with Crippen molar-refractivity contribution in [3.05, 3.63) is 0 Å². The lowest BCUT2D eigenvalue weighted by molar-refractivity contribution is -0.128. The average Bonchev–Trinajstić information content (AvgIpc) is 2.95. The minimum Gasteiger partial charge on any atom is -0.393 e. The number of aliphatic hydroxyl groups excluding tert-OH is 1. The zero-order valence-electron chi connectivity index (χ0n) is 10.1. The molecule has 0 radical (unpaired) electrons. The largest absolute Gasteiger partial charge is 0.393 e. The molecule has 0 saturated heterocycles. The lowest BCUT2D eigenvalue weighted by Gasteiger charge is -2.20. The molecular weight excluding hydrogens is 216 g/mol. The van der Waals surface area contributed by atoms with Gasteiger partial charge in [-0.05, 0) is 38.0 Å². The van der Waals surface area contributed by atoms with Crippen LogP contribution in [-0.4, -0.2) is 23.7 Å². The Bertz CT molecular complexity index is 329. The van der Waals surface area contributed by atoms with Crippen molar-refractivity contribution in [3.63, 3.8) is 0 Å². The van der Waals surface area contributed by atoms with Gasteiger partial charge >= 0.3 is 0 Å². The van der Waals surface area contributed by atoms with Crippen molar-refractivity contribution in [2.45, 2.75) is 51.0 Å². The number of nitriles is 1. The highest BCUT2D eigenvalue weighted by molar-refractivity contribution is 5.85. The number of aliphatic hydroxyl groups is 1. The number of nitrogens with zero attached hydrogens (tertiary/aromatic N) is 1. The Kier molecular flexibility index (Phi) is 3.68. The van der Waals surface area contributed by atoms with Crippen molar-refractivity contribution >= 4 is 5.91 Å². The molecule has 2 aliphatic carbocycles. The molecule has 0 aromatic carbocycles. The summed E-state index contributed by atoms with van der Waals surface area (Å²) < 4.78 is 0. The van der Waals surface area contributed by atoms with E-state index in [2.05, 4.69) is 11.4 Å². The van der Waals surface area contributed by atoms with E-state index in [4.69, 9.17) is 0 Å².